The number of aromatic nitrogens is 2. The van der Waals surface area contributed by atoms with Gasteiger partial charge in [-0.05, 0) is 30.4 Å². The molecule has 3 rings (SSSR count). The zero-order valence-electron chi connectivity index (χ0n) is 17.2. The standard InChI is InChI=1S/C21H27ClN4O4/c1-3-4-9-26-18(23)17(19(27)24-21(26)29)25(10-11-30-2)20(28)15-12-14(15)13-7-5-6-8-16(13)22/h5-8,14-15H,3-4,9-12,23H2,1-2H3,(H,24,27,29). The van der Waals surface area contributed by atoms with Crippen molar-refractivity contribution >= 4 is 29.0 Å². The van der Waals surface area contributed by atoms with Gasteiger partial charge in [-0.3, -0.25) is 19.1 Å². The highest BCUT2D eigenvalue weighted by Gasteiger charge is 2.47. The normalized spacial score (nSPS) is 17.7. The Bertz CT molecular complexity index is 1030. The van der Waals surface area contributed by atoms with Crippen molar-refractivity contribution in [3.8, 4) is 0 Å². The quantitative estimate of drug-likeness (QED) is 0.629. The van der Waals surface area contributed by atoms with Crippen LogP contribution in [0, 0.1) is 5.92 Å². The van der Waals surface area contributed by atoms with Gasteiger partial charge in [0.15, 0.2) is 5.69 Å². The van der Waals surface area contributed by atoms with Crippen molar-refractivity contribution in [3.63, 3.8) is 0 Å². The highest BCUT2D eigenvalue weighted by atomic mass is 35.5. The third kappa shape index (κ3) is 4.44. The number of halogens is 1. The van der Waals surface area contributed by atoms with Gasteiger partial charge in [-0.1, -0.05) is 43.1 Å². The molecule has 2 aromatic rings. The van der Waals surface area contributed by atoms with E-state index in [0.717, 1.165) is 18.4 Å². The number of methoxy groups -OCH3 is 1. The molecular weight excluding hydrogens is 408 g/mol. The molecule has 30 heavy (non-hydrogen) atoms. The number of carbonyl (C=O) groups is 1. The van der Waals surface area contributed by atoms with Crippen LogP contribution in [0.5, 0.6) is 0 Å². The Kier molecular flexibility index (Phi) is 6.99. The number of ether oxygens (including phenoxy) is 1. The van der Waals surface area contributed by atoms with E-state index in [0.29, 0.717) is 18.0 Å². The van der Waals surface area contributed by atoms with Crippen molar-refractivity contribution < 1.29 is 9.53 Å². The highest BCUT2D eigenvalue weighted by molar-refractivity contribution is 6.31. The molecule has 2 unspecified atom stereocenters. The van der Waals surface area contributed by atoms with Crippen molar-refractivity contribution in [1.29, 1.82) is 0 Å². The van der Waals surface area contributed by atoms with Crippen molar-refractivity contribution in [2.45, 2.75) is 38.6 Å². The first-order valence-electron chi connectivity index (χ1n) is 10.1. The molecule has 8 nitrogen and oxygen atoms in total. The number of amides is 1. The van der Waals surface area contributed by atoms with Gasteiger partial charge in [0.25, 0.3) is 5.56 Å². The topological polar surface area (TPSA) is 110 Å². The summed E-state index contributed by atoms with van der Waals surface area (Å²) >= 11 is 6.29. The second kappa shape index (κ2) is 9.49. The number of hydrogen-bond acceptors (Lipinski definition) is 5. The van der Waals surface area contributed by atoms with Gasteiger partial charge < -0.3 is 15.4 Å². The van der Waals surface area contributed by atoms with Crippen molar-refractivity contribution in [2.24, 2.45) is 5.92 Å². The number of nitrogens with zero attached hydrogens (tertiary/aromatic N) is 2. The van der Waals surface area contributed by atoms with Crippen molar-refractivity contribution in [3.05, 3.63) is 55.7 Å². The summed E-state index contributed by atoms with van der Waals surface area (Å²) < 4.78 is 6.45. The smallest absolute Gasteiger partial charge is 0.330 e. The summed E-state index contributed by atoms with van der Waals surface area (Å²) in [5.74, 6) is -0.550. The lowest BCUT2D eigenvalue weighted by molar-refractivity contribution is -0.120. The number of hydrogen-bond donors (Lipinski definition) is 2. The first kappa shape index (κ1) is 22.1. The minimum atomic E-state index is -0.676. The van der Waals surface area contributed by atoms with E-state index in [9.17, 15) is 14.4 Å². The molecule has 1 amide bonds. The maximum absolute atomic E-state index is 13.4. The fraction of sp³-hybridized carbons (Fsp3) is 0.476. The van der Waals surface area contributed by atoms with Crippen LogP contribution in [0.3, 0.4) is 0 Å². The second-order valence-electron chi connectivity index (χ2n) is 7.45. The third-order valence-electron chi connectivity index (χ3n) is 5.42. The minimum Gasteiger partial charge on any atom is -0.383 e. The highest BCUT2D eigenvalue weighted by Crippen LogP contribution is 2.50. The Morgan fingerprint density at radius 1 is 1.37 bits per heavy atom. The van der Waals surface area contributed by atoms with Crippen LogP contribution in [0.15, 0.2) is 33.9 Å². The molecule has 1 aliphatic carbocycles. The lowest BCUT2D eigenvalue weighted by Gasteiger charge is -2.24. The summed E-state index contributed by atoms with van der Waals surface area (Å²) in [6, 6.07) is 7.43. The van der Waals surface area contributed by atoms with Gasteiger partial charge in [0, 0.05) is 31.1 Å². The van der Waals surface area contributed by atoms with E-state index in [1.165, 1.54) is 16.6 Å². The number of nitrogens with one attached hydrogen (secondary N) is 1. The van der Waals surface area contributed by atoms with E-state index in [2.05, 4.69) is 4.98 Å². The number of carbonyl (C=O) groups excluding carboxylic acids is 1. The van der Waals surface area contributed by atoms with Crippen molar-refractivity contribution in [2.75, 3.05) is 30.9 Å². The van der Waals surface area contributed by atoms with Crippen LogP contribution in [0.2, 0.25) is 5.02 Å². The van der Waals surface area contributed by atoms with E-state index in [1.54, 1.807) is 6.07 Å². The number of nitrogen functional groups attached to an aromatic ring is 1. The average Bonchev–Trinajstić information content (AvgIpc) is 3.50. The van der Waals surface area contributed by atoms with Gasteiger partial charge in [0.05, 0.1) is 6.61 Å². The number of H-pyrrole nitrogens is 1. The molecule has 0 bridgehead atoms. The van der Waals surface area contributed by atoms with Crippen LogP contribution in [-0.4, -0.2) is 35.7 Å². The Morgan fingerprint density at radius 3 is 2.77 bits per heavy atom. The average molecular weight is 435 g/mol. The maximum Gasteiger partial charge on any atom is 0.330 e. The molecule has 2 atom stereocenters. The van der Waals surface area contributed by atoms with Gasteiger partial charge in [0.1, 0.15) is 5.82 Å². The first-order valence-corrected chi connectivity index (χ1v) is 10.5. The Balaban J connectivity index is 1.95. The fourth-order valence-corrected chi connectivity index (χ4v) is 3.95. The predicted octanol–water partition coefficient (Wildman–Crippen LogP) is 2.36. The summed E-state index contributed by atoms with van der Waals surface area (Å²) in [6.45, 7) is 2.73. The van der Waals surface area contributed by atoms with E-state index < -0.39 is 11.2 Å². The van der Waals surface area contributed by atoms with Gasteiger partial charge in [-0.15, -0.1) is 0 Å². The summed E-state index contributed by atoms with van der Waals surface area (Å²) in [5, 5.41) is 0.617. The fourth-order valence-electron chi connectivity index (χ4n) is 3.68. The maximum atomic E-state index is 13.4. The van der Waals surface area contributed by atoms with Gasteiger partial charge >= 0.3 is 5.69 Å². The summed E-state index contributed by atoms with van der Waals surface area (Å²) in [5.41, 5.74) is 5.88. The molecule has 1 saturated carbocycles. The number of aromatic amines is 1. The van der Waals surface area contributed by atoms with Crippen LogP contribution in [-0.2, 0) is 16.1 Å². The zero-order chi connectivity index (χ0) is 21.8. The van der Waals surface area contributed by atoms with Gasteiger partial charge in [-0.2, -0.15) is 0 Å². The Labute approximate surface area is 179 Å². The molecule has 0 aliphatic heterocycles. The van der Waals surface area contributed by atoms with E-state index in [-0.39, 0.29) is 42.4 Å². The molecule has 9 heteroatoms. The summed E-state index contributed by atoms with van der Waals surface area (Å²) in [4.78, 5) is 41.9. The molecular formula is C21H27ClN4O4. The SMILES string of the molecule is CCCCn1c(N)c(N(CCOC)C(=O)C2CC2c2ccccc2Cl)c(=O)[nH]c1=O. The zero-order valence-corrected chi connectivity index (χ0v) is 17.9. The molecule has 0 radical (unpaired) electrons. The Hall–Kier alpha value is -2.58. The number of anilines is 2. The van der Waals surface area contributed by atoms with Crippen LogP contribution in [0.1, 0.15) is 37.7 Å². The molecule has 0 spiro atoms. The second-order valence-corrected chi connectivity index (χ2v) is 7.86. The molecule has 1 fully saturated rings. The van der Waals surface area contributed by atoms with Crippen molar-refractivity contribution in [1.82, 2.24) is 9.55 Å². The minimum absolute atomic E-state index is 0.00226. The lowest BCUT2D eigenvalue weighted by atomic mass is 10.1. The molecule has 162 valence electrons. The van der Waals surface area contributed by atoms with Crippen LogP contribution >= 0.6 is 11.6 Å². The molecule has 1 aromatic heterocycles. The van der Waals surface area contributed by atoms with Crippen LogP contribution in [0.25, 0.3) is 0 Å². The molecule has 0 saturated heterocycles. The molecule has 1 aromatic carbocycles. The Morgan fingerprint density at radius 2 is 2.10 bits per heavy atom. The number of rotatable bonds is 9. The summed E-state index contributed by atoms with van der Waals surface area (Å²) in [6.07, 6.45) is 2.21. The molecule has 1 heterocycles. The number of unbranched alkanes of at least 4 members (excludes halogenated alkanes) is 1. The predicted molar refractivity (Wildman–Crippen MR) is 117 cm³/mol. The van der Waals surface area contributed by atoms with Crippen LogP contribution < -0.4 is 21.9 Å². The largest absolute Gasteiger partial charge is 0.383 e. The lowest BCUT2D eigenvalue weighted by Crippen LogP contribution is -2.43. The summed E-state index contributed by atoms with van der Waals surface area (Å²) in [7, 11) is 1.52. The number of nitrogens with two attached hydrogens (primary N) is 1. The van der Waals surface area contributed by atoms with Gasteiger partial charge in [0.2, 0.25) is 5.91 Å². The molecule has 1 aliphatic rings. The van der Waals surface area contributed by atoms with E-state index in [1.807, 2.05) is 25.1 Å². The van der Waals surface area contributed by atoms with E-state index in [4.69, 9.17) is 22.1 Å². The monoisotopic (exact) mass is 434 g/mol. The van der Waals surface area contributed by atoms with Gasteiger partial charge in [-0.25, -0.2) is 4.79 Å². The third-order valence-corrected chi connectivity index (χ3v) is 5.76. The first-order chi connectivity index (χ1) is 14.4. The van der Waals surface area contributed by atoms with E-state index >= 15 is 0 Å². The van der Waals surface area contributed by atoms with Crippen LogP contribution in [0.4, 0.5) is 11.5 Å². The number of benzene rings is 1. The molecule has 3 N–H and O–H groups in total.